The first-order valence-electron chi connectivity index (χ1n) is 9.27. The van der Waals surface area contributed by atoms with Gasteiger partial charge in [-0.1, -0.05) is 51.1 Å². The Morgan fingerprint density at radius 2 is 1.36 bits per heavy atom. The molecule has 1 aromatic carbocycles. The molecule has 0 amide bonds. The van der Waals surface area contributed by atoms with Gasteiger partial charge in [0, 0.05) is 19.8 Å². The third kappa shape index (κ3) is 9.16. The summed E-state index contributed by atoms with van der Waals surface area (Å²) in [6.07, 6.45) is 2.96. The van der Waals surface area contributed by atoms with E-state index in [9.17, 15) is 4.79 Å². The molecule has 0 N–H and O–H groups in total. The van der Waals surface area contributed by atoms with E-state index in [2.05, 4.69) is 20.8 Å². The molecule has 0 radical (unpaired) electrons. The molecule has 6 heteroatoms. The van der Waals surface area contributed by atoms with E-state index in [1.165, 1.54) is 0 Å². The largest absolute Gasteiger partial charge is 0.504 e. The number of benzene rings is 1. The summed E-state index contributed by atoms with van der Waals surface area (Å²) in [6.45, 7) is 8.21. The van der Waals surface area contributed by atoms with Crippen LogP contribution in [0.1, 0.15) is 45.6 Å². The maximum Gasteiger partial charge on any atom is 0.504 e. The van der Waals surface area contributed by atoms with Gasteiger partial charge in [0.1, 0.15) is 0 Å². The van der Waals surface area contributed by atoms with Gasteiger partial charge >= 0.3 is 14.8 Å². The lowest BCUT2D eigenvalue weighted by atomic mass is 10.2. The normalized spacial score (nSPS) is 11.5. The highest BCUT2D eigenvalue weighted by atomic mass is 28.4. The first kappa shape index (κ1) is 21.8. The van der Waals surface area contributed by atoms with Gasteiger partial charge in [-0.15, -0.1) is 0 Å². The molecule has 0 heterocycles. The molecule has 0 bridgehead atoms. The van der Waals surface area contributed by atoms with Crippen molar-refractivity contribution in [2.75, 3.05) is 26.4 Å². The predicted molar refractivity (Wildman–Crippen MR) is 100 cm³/mol. The second-order valence-electron chi connectivity index (χ2n) is 5.86. The molecule has 25 heavy (non-hydrogen) atoms. The number of carbonyl (C=O) groups excluding carboxylic acids is 1. The predicted octanol–water partition coefficient (Wildman–Crippen LogP) is 3.99. The minimum atomic E-state index is -2.79. The first-order chi connectivity index (χ1) is 12.2. The van der Waals surface area contributed by atoms with Crippen LogP contribution < -0.4 is 0 Å². The van der Waals surface area contributed by atoms with E-state index in [1.54, 1.807) is 0 Å². The number of rotatable bonds is 14. The summed E-state index contributed by atoms with van der Waals surface area (Å²) >= 11 is 0. The average molecular weight is 369 g/mol. The average Bonchev–Trinajstić information content (AvgIpc) is 2.63. The molecule has 0 unspecified atom stereocenters. The fraction of sp³-hybridized carbons (Fsp3) is 0.632. The Morgan fingerprint density at radius 3 is 1.84 bits per heavy atom. The standard InChI is InChI=1S/C19H32O5Si/c1-4-12-22-25(23-13-5-2,24-14-6-3)16-15-21-19(20)17-18-10-8-7-9-11-18/h7-11H,4-6,12-17H2,1-3H3. The Labute approximate surface area is 153 Å². The molecule has 142 valence electrons. The van der Waals surface area contributed by atoms with Crippen molar-refractivity contribution in [1.82, 2.24) is 0 Å². The molecule has 0 atom stereocenters. The van der Waals surface area contributed by atoms with E-state index in [4.69, 9.17) is 18.0 Å². The van der Waals surface area contributed by atoms with Crippen molar-refractivity contribution in [3.8, 4) is 0 Å². The van der Waals surface area contributed by atoms with Gasteiger partial charge in [-0.25, -0.2) is 0 Å². The zero-order chi connectivity index (χ0) is 18.4. The highest BCUT2D eigenvalue weighted by molar-refractivity contribution is 6.60. The molecule has 0 saturated heterocycles. The monoisotopic (exact) mass is 368 g/mol. The van der Waals surface area contributed by atoms with Gasteiger partial charge in [-0.3, -0.25) is 4.79 Å². The van der Waals surface area contributed by atoms with Gasteiger partial charge in [-0.2, -0.15) is 0 Å². The highest BCUT2D eigenvalue weighted by Crippen LogP contribution is 2.18. The van der Waals surface area contributed by atoms with Gasteiger partial charge in [0.25, 0.3) is 0 Å². The summed E-state index contributed by atoms with van der Waals surface area (Å²) in [7, 11) is -2.79. The molecule has 0 aliphatic heterocycles. The van der Waals surface area contributed by atoms with Crippen LogP contribution in [-0.2, 0) is 29.2 Å². The van der Waals surface area contributed by atoms with Crippen LogP contribution in [0.4, 0.5) is 0 Å². The fourth-order valence-electron chi connectivity index (χ4n) is 2.22. The van der Waals surface area contributed by atoms with Crippen molar-refractivity contribution >= 4 is 14.8 Å². The lowest BCUT2D eigenvalue weighted by Crippen LogP contribution is -2.47. The molecular formula is C19H32O5Si. The van der Waals surface area contributed by atoms with E-state index in [-0.39, 0.29) is 19.0 Å². The molecule has 0 aliphatic rings. The first-order valence-corrected chi connectivity index (χ1v) is 11.2. The van der Waals surface area contributed by atoms with Gasteiger partial charge in [-0.05, 0) is 24.8 Å². The third-order valence-electron chi connectivity index (χ3n) is 3.44. The summed E-state index contributed by atoms with van der Waals surface area (Å²) < 4.78 is 23.4. The number of hydrogen-bond acceptors (Lipinski definition) is 5. The molecule has 0 fully saturated rings. The fourth-order valence-corrected chi connectivity index (χ4v) is 4.80. The quantitative estimate of drug-likeness (QED) is 0.367. The van der Waals surface area contributed by atoms with Crippen molar-refractivity contribution < 1.29 is 22.8 Å². The summed E-state index contributed by atoms with van der Waals surface area (Å²) in [5.41, 5.74) is 0.947. The molecule has 0 spiro atoms. The van der Waals surface area contributed by atoms with Crippen LogP contribution in [0.5, 0.6) is 0 Å². The van der Waals surface area contributed by atoms with Crippen LogP contribution in [0.25, 0.3) is 0 Å². The van der Waals surface area contributed by atoms with Crippen LogP contribution >= 0.6 is 0 Å². The number of hydrogen-bond donors (Lipinski definition) is 0. The Hall–Kier alpha value is -1.21. The second-order valence-corrected chi connectivity index (χ2v) is 8.59. The topological polar surface area (TPSA) is 54.0 Å². The van der Waals surface area contributed by atoms with Gasteiger partial charge in [0.2, 0.25) is 0 Å². The molecular weight excluding hydrogens is 336 g/mol. The lowest BCUT2D eigenvalue weighted by molar-refractivity contribution is -0.142. The van der Waals surface area contributed by atoms with E-state index in [0.717, 1.165) is 24.8 Å². The van der Waals surface area contributed by atoms with E-state index >= 15 is 0 Å². The smallest absolute Gasteiger partial charge is 0.465 e. The van der Waals surface area contributed by atoms with Gasteiger partial charge in [0.05, 0.1) is 19.1 Å². The SMILES string of the molecule is CCCO[Si](CCOC(=O)Cc1ccccc1)(OCCC)OCCC. The third-order valence-corrected chi connectivity index (χ3v) is 6.19. The lowest BCUT2D eigenvalue weighted by Gasteiger charge is -2.29. The van der Waals surface area contributed by atoms with E-state index in [1.807, 2.05) is 30.3 Å². The molecule has 5 nitrogen and oxygen atoms in total. The number of esters is 1. The van der Waals surface area contributed by atoms with Crippen LogP contribution in [-0.4, -0.2) is 41.2 Å². The maximum absolute atomic E-state index is 12.0. The van der Waals surface area contributed by atoms with Gasteiger partial charge < -0.3 is 18.0 Å². The number of carbonyl (C=O) groups is 1. The zero-order valence-corrected chi connectivity index (χ0v) is 16.8. The van der Waals surface area contributed by atoms with Crippen molar-refractivity contribution in [2.45, 2.75) is 52.5 Å². The van der Waals surface area contributed by atoms with Crippen molar-refractivity contribution in [3.05, 3.63) is 35.9 Å². The van der Waals surface area contributed by atoms with E-state index in [0.29, 0.717) is 25.9 Å². The summed E-state index contributed by atoms with van der Waals surface area (Å²) in [5, 5.41) is 0. The summed E-state index contributed by atoms with van der Waals surface area (Å²) in [6, 6.07) is 10.1. The molecule has 1 aromatic rings. The molecule has 1 rings (SSSR count). The van der Waals surface area contributed by atoms with E-state index < -0.39 is 8.80 Å². The van der Waals surface area contributed by atoms with Crippen molar-refractivity contribution in [1.29, 1.82) is 0 Å². The maximum atomic E-state index is 12.0. The van der Waals surface area contributed by atoms with Crippen LogP contribution in [0.2, 0.25) is 6.04 Å². The van der Waals surface area contributed by atoms with Crippen molar-refractivity contribution in [3.63, 3.8) is 0 Å². The Morgan fingerprint density at radius 1 is 0.840 bits per heavy atom. The highest BCUT2D eigenvalue weighted by Gasteiger charge is 2.41. The van der Waals surface area contributed by atoms with Crippen LogP contribution in [0.15, 0.2) is 30.3 Å². The Bertz CT molecular complexity index is 444. The summed E-state index contributed by atoms with van der Waals surface area (Å²) in [4.78, 5) is 12.0. The molecule has 0 aliphatic carbocycles. The van der Waals surface area contributed by atoms with Crippen LogP contribution in [0, 0.1) is 0 Å². The van der Waals surface area contributed by atoms with Gasteiger partial charge in [0.15, 0.2) is 0 Å². The minimum Gasteiger partial charge on any atom is -0.465 e. The molecule has 0 saturated carbocycles. The van der Waals surface area contributed by atoms with Crippen molar-refractivity contribution in [2.24, 2.45) is 0 Å². The summed E-state index contributed by atoms with van der Waals surface area (Å²) in [5.74, 6) is -0.240. The number of ether oxygens (including phenoxy) is 1. The van der Waals surface area contributed by atoms with Crippen LogP contribution in [0.3, 0.4) is 0 Å². The Balaban J connectivity index is 2.54. The zero-order valence-electron chi connectivity index (χ0n) is 15.8. The second kappa shape index (κ2) is 13.1. The minimum absolute atomic E-state index is 0.240. The molecule has 0 aromatic heterocycles. The Kier molecular flexibility index (Phi) is 11.4.